The zero-order valence-corrected chi connectivity index (χ0v) is 13.5. The van der Waals surface area contributed by atoms with Gasteiger partial charge in [-0.15, -0.1) is 0 Å². The molecule has 1 aliphatic heterocycles. The largest absolute Gasteiger partial charge is 0.389 e. The average molecular weight is 291 g/mol. The highest BCUT2D eigenvalue weighted by Gasteiger charge is 2.21. The number of nitrogens with zero attached hydrogens (tertiary/aromatic N) is 2. The van der Waals surface area contributed by atoms with E-state index < -0.39 is 0 Å². The van der Waals surface area contributed by atoms with Crippen LogP contribution in [0.15, 0.2) is 18.2 Å². The van der Waals surface area contributed by atoms with Crippen LogP contribution in [0, 0.1) is 12.8 Å². The molecular formula is C16H25N3S. The van der Waals surface area contributed by atoms with Gasteiger partial charge in [-0.1, -0.05) is 38.2 Å². The molecule has 0 aliphatic carbocycles. The zero-order chi connectivity index (χ0) is 14.7. The normalized spacial score (nSPS) is 16.7. The van der Waals surface area contributed by atoms with E-state index in [0.29, 0.717) is 4.99 Å². The van der Waals surface area contributed by atoms with Gasteiger partial charge in [0.05, 0.1) is 0 Å². The van der Waals surface area contributed by atoms with Crippen LogP contribution in [0.4, 0.5) is 5.69 Å². The van der Waals surface area contributed by atoms with Gasteiger partial charge in [0.2, 0.25) is 0 Å². The van der Waals surface area contributed by atoms with Crippen molar-refractivity contribution in [2.24, 2.45) is 11.7 Å². The van der Waals surface area contributed by atoms with E-state index in [1.54, 1.807) is 0 Å². The maximum atomic E-state index is 5.88. The van der Waals surface area contributed by atoms with E-state index in [0.717, 1.165) is 37.7 Å². The molecule has 110 valence electrons. The molecule has 1 aliphatic rings. The Hall–Kier alpha value is -1.13. The Morgan fingerprint density at radius 1 is 1.25 bits per heavy atom. The van der Waals surface area contributed by atoms with Crippen molar-refractivity contribution in [1.29, 1.82) is 0 Å². The predicted molar refractivity (Wildman–Crippen MR) is 90.6 cm³/mol. The Morgan fingerprint density at radius 2 is 1.90 bits per heavy atom. The minimum atomic E-state index is 0.494. The Bertz CT molecular complexity index is 477. The summed E-state index contributed by atoms with van der Waals surface area (Å²) in [7, 11) is 0. The van der Waals surface area contributed by atoms with Crippen LogP contribution in [0.25, 0.3) is 0 Å². The number of benzene rings is 1. The second-order valence-corrected chi connectivity index (χ2v) is 6.46. The van der Waals surface area contributed by atoms with Crippen LogP contribution in [0.3, 0.4) is 0 Å². The molecule has 0 aromatic heterocycles. The van der Waals surface area contributed by atoms with Gasteiger partial charge in [-0.05, 0) is 24.5 Å². The number of thiocarbonyl (C=S) groups is 1. The molecule has 20 heavy (non-hydrogen) atoms. The Morgan fingerprint density at radius 3 is 2.45 bits per heavy atom. The van der Waals surface area contributed by atoms with E-state index in [4.69, 9.17) is 18.0 Å². The molecule has 0 bridgehead atoms. The maximum absolute atomic E-state index is 5.88. The SMILES string of the molecule is Cc1cccc(C(N)=S)c1N1CCN(CC(C)C)CC1. The molecule has 0 radical (unpaired) electrons. The van der Waals surface area contributed by atoms with E-state index in [-0.39, 0.29) is 0 Å². The van der Waals surface area contributed by atoms with E-state index in [9.17, 15) is 0 Å². The third-order valence-corrected chi connectivity index (χ3v) is 4.03. The summed E-state index contributed by atoms with van der Waals surface area (Å²) in [6.07, 6.45) is 0. The van der Waals surface area contributed by atoms with Crippen molar-refractivity contribution in [3.05, 3.63) is 29.3 Å². The van der Waals surface area contributed by atoms with Gasteiger partial charge in [0.1, 0.15) is 4.99 Å². The Balaban J connectivity index is 2.13. The number of aryl methyl sites for hydroxylation is 1. The van der Waals surface area contributed by atoms with Gasteiger partial charge in [0.25, 0.3) is 0 Å². The van der Waals surface area contributed by atoms with E-state index in [1.165, 1.54) is 17.8 Å². The Labute approximate surface area is 127 Å². The first-order chi connectivity index (χ1) is 9.49. The van der Waals surface area contributed by atoms with Gasteiger partial charge >= 0.3 is 0 Å². The molecule has 0 atom stereocenters. The fourth-order valence-corrected chi connectivity index (χ4v) is 3.11. The van der Waals surface area contributed by atoms with E-state index in [1.807, 2.05) is 12.1 Å². The van der Waals surface area contributed by atoms with Crippen LogP contribution < -0.4 is 10.6 Å². The van der Waals surface area contributed by atoms with E-state index >= 15 is 0 Å². The van der Waals surface area contributed by atoms with Crippen molar-refractivity contribution in [1.82, 2.24) is 4.90 Å². The van der Waals surface area contributed by atoms with Crippen LogP contribution in [0.2, 0.25) is 0 Å². The van der Waals surface area contributed by atoms with Gasteiger partial charge < -0.3 is 10.6 Å². The molecule has 4 heteroatoms. The molecule has 0 spiro atoms. The number of hydrogen-bond donors (Lipinski definition) is 1. The summed E-state index contributed by atoms with van der Waals surface area (Å²) in [5, 5.41) is 0. The number of nitrogens with two attached hydrogens (primary N) is 1. The fourth-order valence-electron chi connectivity index (χ4n) is 2.95. The molecule has 1 heterocycles. The Kier molecular flexibility index (Phi) is 5.00. The van der Waals surface area contributed by atoms with Crippen molar-refractivity contribution in [3.63, 3.8) is 0 Å². The minimum Gasteiger partial charge on any atom is -0.389 e. The first-order valence-electron chi connectivity index (χ1n) is 7.35. The van der Waals surface area contributed by atoms with Gasteiger partial charge in [-0.2, -0.15) is 0 Å². The van der Waals surface area contributed by atoms with Gasteiger partial charge in [-0.25, -0.2) is 0 Å². The molecule has 2 rings (SSSR count). The van der Waals surface area contributed by atoms with Crippen molar-refractivity contribution in [2.75, 3.05) is 37.6 Å². The van der Waals surface area contributed by atoms with Crippen LogP contribution in [-0.4, -0.2) is 42.6 Å². The van der Waals surface area contributed by atoms with Crippen molar-refractivity contribution >= 4 is 22.9 Å². The smallest absolute Gasteiger partial charge is 0.106 e. The quantitative estimate of drug-likeness (QED) is 0.864. The average Bonchev–Trinajstić information content (AvgIpc) is 2.39. The molecule has 0 amide bonds. The fraction of sp³-hybridized carbons (Fsp3) is 0.562. The lowest BCUT2D eigenvalue weighted by atomic mass is 10.1. The monoisotopic (exact) mass is 291 g/mol. The maximum Gasteiger partial charge on any atom is 0.106 e. The highest BCUT2D eigenvalue weighted by molar-refractivity contribution is 7.80. The third kappa shape index (κ3) is 3.49. The molecule has 1 aromatic carbocycles. The molecule has 1 saturated heterocycles. The number of hydrogen-bond acceptors (Lipinski definition) is 3. The van der Waals surface area contributed by atoms with Crippen LogP contribution >= 0.6 is 12.2 Å². The summed E-state index contributed by atoms with van der Waals surface area (Å²) < 4.78 is 0. The summed E-state index contributed by atoms with van der Waals surface area (Å²) in [5.74, 6) is 0.729. The first-order valence-corrected chi connectivity index (χ1v) is 7.76. The molecule has 2 N–H and O–H groups in total. The number of piperazine rings is 1. The van der Waals surface area contributed by atoms with Crippen LogP contribution in [-0.2, 0) is 0 Å². The molecule has 3 nitrogen and oxygen atoms in total. The summed E-state index contributed by atoms with van der Waals surface area (Å²) in [4.78, 5) is 5.47. The zero-order valence-electron chi connectivity index (χ0n) is 12.7. The summed E-state index contributed by atoms with van der Waals surface area (Å²) in [6.45, 7) is 12.2. The second-order valence-electron chi connectivity index (χ2n) is 6.02. The van der Waals surface area contributed by atoms with Crippen LogP contribution in [0.5, 0.6) is 0 Å². The van der Waals surface area contributed by atoms with Crippen molar-refractivity contribution in [3.8, 4) is 0 Å². The molecular weight excluding hydrogens is 266 g/mol. The van der Waals surface area contributed by atoms with Gasteiger partial charge in [0, 0.05) is 44.0 Å². The summed E-state index contributed by atoms with van der Waals surface area (Å²) in [6, 6.07) is 6.20. The summed E-state index contributed by atoms with van der Waals surface area (Å²) >= 11 is 5.20. The molecule has 1 fully saturated rings. The standard InChI is InChI=1S/C16H25N3S/c1-12(2)11-18-7-9-19(10-8-18)15-13(3)5-4-6-14(15)16(17)20/h4-6,12H,7-11H2,1-3H3,(H2,17,20). The lowest BCUT2D eigenvalue weighted by molar-refractivity contribution is 0.231. The molecule has 1 aromatic rings. The van der Waals surface area contributed by atoms with Gasteiger partial charge in [-0.3, -0.25) is 4.90 Å². The van der Waals surface area contributed by atoms with E-state index in [2.05, 4.69) is 36.6 Å². The predicted octanol–water partition coefficient (Wildman–Crippen LogP) is 2.41. The van der Waals surface area contributed by atoms with Crippen LogP contribution in [0.1, 0.15) is 25.0 Å². The lowest BCUT2D eigenvalue weighted by Gasteiger charge is -2.38. The minimum absolute atomic E-state index is 0.494. The lowest BCUT2D eigenvalue weighted by Crippen LogP contribution is -2.48. The molecule has 0 saturated carbocycles. The first kappa shape index (κ1) is 15.3. The highest BCUT2D eigenvalue weighted by Crippen LogP contribution is 2.26. The van der Waals surface area contributed by atoms with Gasteiger partial charge in [0.15, 0.2) is 0 Å². The number of rotatable bonds is 4. The second kappa shape index (κ2) is 6.55. The van der Waals surface area contributed by atoms with Crippen molar-refractivity contribution in [2.45, 2.75) is 20.8 Å². The number of anilines is 1. The number of para-hydroxylation sites is 1. The summed E-state index contributed by atoms with van der Waals surface area (Å²) in [5.41, 5.74) is 9.37. The third-order valence-electron chi connectivity index (χ3n) is 3.82. The molecule has 0 unspecified atom stereocenters. The highest BCUT2D eigenvalue weighted by atomic mass is 32.1. The topological polar surface area (TPSA) is 32.5 Å². The van der Waals surface area contributed by atoms with Crippen molar-refractivity contribution < 1.29 is 0 Å².